The van der Waals surface area contributed by atoms with Gasteiger partial charge in [0.2, 0.25) is 15.9 Å². The lowest BCUT2D eigenvalue weighted by Gasteiger charge is -2.22. The first-order valence-corrected chi connectivity index (χ1v) is 6.35. The molecular weight excluding hydrogens is 236 g/mol. The van der Waals surface area contributed by atoms with Gasteiger partial charge in [0.25, 0.3) is 0 Å². The molecule has 1 fully saturated rings. The summed E-state index contributed by atoms with van der Waals surface area (Å²) in [6, 6.07) is -0.517. The largest absolute Gasteiger partial charge is 0.481 e. The summed E-state index contributed by atoms with van der Waals surface area (Å²) in [7, 11) is -3.74. The molecule has 0 aromatic carbocycles. The zero-order chi connectivity index (χ0) is 12.5. The number of aliphatic carboxylic acids is 1. The monoisotopic (exact) mass is 250 g/mol. The van der Waals surface area contributed by atoms with Crippen molar-refractivity contribution in [3.8, 4) is 0 Å². The molecule has 1 rings (SSSR count). The third-order valence-corrected chi connectivity index (χ3v) is 3.83. The van der Waals surface area contributed by atoms with E-state index in [4.69, 9.17) is 10.2 Å². The molecule has 1 heterocycles. The van der Waals surface area contributed by atoms with E-state index in [2.05, 4.69) is 0 Å². The fourth-order valence-corrected chi connectivity index (χ4v) is 2.45. The first kappa shape index (κ1) is 12.9. The van der Waals surface area contributed by atoms with Crippen LogP contribution in [0.2, 0.25) is 0 Å². The standard InChI is InChI=1S/C8H14N2O5S/c1-5(2-8(12)13)10-4-6(3-7(10)11)16(9,14)15/h5-6H,2-4H2,1H3,(H,12,13)(H2,9,14,15)/t5-,6?/m1/s1. The molecule has 8 heteroatoms. The molecule has 0 bridgehead atoms. The Bertz CT molecular complexity index is 405. The molecule has 1 unspecified atom stereocenters. The topological polar surface area (TPSA) is 118 Å². The Morgan fingerprint density at radius 3 is 2.62 bits per heavy atom. The van der Waals surface area contributed by atoms with Gasteiger partial charge in [0.05, 0.1) is 6.42 Å². The quantitative estimate of drug-likeness (QED) is 0.645. The van der Waals surface area contributed by atoms with Crippen LogP contribution in [0.15, 0.2) is 0 Å². The molecule has 7 nitrogen and oxygen atoms in total. The zero-order valence-corrected chi connectivity index (χ0v) is 9.61. The number of nitrogens with zero attached hydrogens (tertiary/aromatic N) is 1. The third kappa shape index (κ3) is 2.92. The number of carboxylic acids is 1. The second-order valence-corrected chi connectivity index (χ2v) is 5.75. The van der Waals surface area contributed by atoms with Gasteiger partial charge in [-0.05, 0) is 6.92 Å². The third-order valence-electron chi connectivity index (χ3n) is 2.59. The van der Waals surface area contributed by atoms with E-state index in [1.165, 1.54) is 4.90 Å². The van der Waals surface area contributed by atoms with Crippen LogP contribution in [0.3, 0.4) is 0 Å². The van der Waals surface area contributed by atoms with Crippen molar-refractivity contribution in [2.24, 2.45) is 5.14 Å². The summed E-state index contributed by atoms with van der Waals surface area (Å²) in [6.07, 6.45) is -0.369. The normalized spacial score (nSPS) is 23.5. The smallest absolute Gasteiger partial charge is 0.305 e. The van der Waals surface area contributed by atoms with E-state index in [0.29, 0.717) is 0 Å². The highest BCUT2D eigenvalue weighted by Crippen LogP contribution is 2.20. The number of carboxylic acid groups (broad SMARTS) is 1. The van der Waals surface area contributed by atoms with E-state index in [1.807, 2.05) is 0 Å². The van der Waals surface area contributed by atoms with Crippen LogP contribution in [0.4, 0.5) is 0 Å². The van der Waals surface area contributed by atoms with Crippen molar-refractivity contribution in [1.82, 2.24) is 4.90 Å². The molecule has 3 N–H and O–H groups in total. The second kappa shape index (κ2) is 4.38. The second-order valence-electron chi connectivity index (χ2n) is 3.91. The highest BCUT2D eigenvalue weighted by molar-refractivity contribution is 7.89. The van der Waals surface area contributed by atoms with Crippen molar-refractivity contribution in [3.05, 3.63) is 0 Å². The van der Waals surface area contributed by atoms with Crippen LogP contribution in [-0.2, 0) is 19.6 Å². The van der Waals surface area contributed by atoms with Crippen LogP contribution in [-0.4, -0.2) is 48.1 Å². The molecule has 0 aliphatic carbocycles. The lowest BCUT2D eigenvalue weighted by Crippen LogP contribution is -2.38. The number of carbonyl (C=O) groups is 2. The maximum atomic E-state index is 11.5. The van der Waals surface area contributed by atoms with Crippen LogP contribution in [0.25, 0.3) is 0 Å². The van der Waals surface area contributed by atoms with Gasteiger partial charge in [-0.1, -0.05) is 0 Å². The number of amides is 1. The van der Waals surface area contributed by atoms with Crippen LogP contribution in [0, 0.1) is 0 Å². The average Bonchev–Trinajstić information content (AvgIpc) is 2.44. The molecule has 0 spiro atoms. The first-order chi connectivity index (χ1) is 7.21. The fourth-order valence-electron chi connectivity index (χ4n) is 1.71. The highest BCUT2D eigenvalue weighted by Gasteiger charge is 2.38. The minimum atomic E-state index is -3.74. The lowest BCUT2D eigenvalue weighted by atomic mass is 10.2. The summed E-state index contributed by atoms with van der Waals surface area (Å²) in [6.45, 7) is 1.55. The molecule has 1 saturated heterocycles. The number of hydrogen-bond acceptors (Lipinski definition) is 4. The highest BCUT2D eigenvalue weighted by atomic mass is 32.2. The Morgan fingerprint density at radius 2 is 2.25 bits per heavy atom. The number of primary sulfonamides is 1. The molecule has 2 atom stereocenters. The minimum absolute atomic E-state index is 0.0217. The van der Waals surface area contributed by atoms with Gasteiger partial charge >= 0.3 is 5.97 Å². The van der Waals surface area contributed by atoms with Crippen LogP contribution in [0.1, 0.15) is 19.8 Å². The number of likely N-dealkylation sites (tertiary alicyclic amines) is 1. The first-order valence-electron chi connectivity index (χ1n) is 4.74. The van der Waals surface area contributed by atoms with E-state index >= 15 is 0 Å². The predicted octanol–water partition coefficient (Wildman–Crippen LogP) is -1.26. The van der Waals surface area contributed by atoms with E-state index < -0.39 is 27.3 Å². The summed E-state index contributed by atoms with van der Waals surface area (Å²) in [5.41, 5.74) is 0. The number of sulfonamides is 1. The summed E-state index contributed by atoms with van der Waals surface area (Å²) in [4.78, 5) is 23.2. The van der Waals surface area contributed by atoms with E-state index in [1.54, 1.807) is 6.92 Å². The van der Waals surface area contributed by atoms with Gasteiger partial charge in [0.1, 0.15) is 5.25 Å². The maximum Gasteiger partial charge on any atom is 0.305 e. The van der Waals surface area contributed by atoms with E-state index in [-0.39, 0.29) is 25.3 Å². The molecule has 0 saturated carbocycles. The molecule has 0 aromatic heterocycles. The van der Waals surface area contributed by atoms with Gasteiger partial charge < -0.3 is 10.0 Å². The van der Waals surface area contributed by atoms with E-state index in [0.717, 1.165) is 0 Å². The van der Waals surface area contributed by atoms with Crippen molar-refractivity contribution in [1.29, 1.82) is 0 Å². The van der Waals surface area contributed by atoms with Crippen LogP contribution >= 0.6 is 0 Å². The Labute approximate surface area is 93.3 Å². The molecule has 1 aliphatic rings. The van der Waals surface area contributed by atoms with Gasteiger partial charge in [0.15, 0.2) is 0 Å². The van der Waals surface area contributed by atoms with Gasteiger partial charge in [-0.25, -0.2) is 13.6 Å². The average molecular weight is 250 g/mol. The molecule has 0 aromatic rings. The summed E-state index contributed by atoms with van der Waals surface area (Å²) >= 11 is 0. The summed E-state index contributed by atoms with van der Waals surface area (Å²) in [5, 5.41) is 12.6. The van der Waals surface area contributed by atoms with Crippen molar-refractivity contribution in [2.75, 3.05) is 6.54 Å². The Morgan fingerprint density at radius 1 is 1.69 bits per heavy atom. The molecule has 16 heavy (non-hydrogen) atoms. The molecular formula is C8H14N2O5S. The Hall–Kier alpha value is -1.15. The Balaban J connectivity index is 2.72. The van der Waals surface area contributed by atoms with Crippen LogP contribution < -0.4 is 5.14 Å². The Kier molecular flexibility index (Phi) is 3.54. The van der Waals surface area contributed by atoms with Gasteiger partial charge in [0, 0.05) is 19.0 Å². The molecule has 92 valence electrons. The number of carbonyl (C=O) groups excluding carboxylic acids is 1. The predicted molar refractivity (Wildman–Crippen MR) is 54.9 cm³/mol. The number of nitrogens with two attached hydrogens (primary N) is 1. The lowest BCUT2D eigenvalue weighted by molar-refractivity contribution is -0.139. The minimum Gasteiger partial charge on any atom is -0.481 e. The van der Waals surface area contributed by atoms with Crippen LogP contribution in [0.5, 0.6) is 0 Å². The fraction of sp³-hybridized carbons (Fsp3) is 0.750. The summed E-state index contributed by atoms with van der Waals surface area (Å²) < 4.78 is 22.1. The summed E-state index contributed by atoms with van der Waals surface area (Å²) in [5.74, 6) is -1.40. The number of rotatable bonds is 4. The van der Waals surface area contributed by atoms with Gasteiger partial charge in [-0.2, -0.15) is 0 Å². The van der Waals surface area contributed by atoms with Crippen molar-refractivity contribution < 1.29 is 23.1 Å². The van der Waals surface area contributed by atoms with E-state index in [9.17, 15) is 18.0 Å². The van der Waals surface area contributed by atoms with Crippen molar-refractivity contribution >= 4 is 21.9 Å². The SMILES string of the molecule is C[C@H](CC(=O)O)N1CC(S(N)(=O)=O)CC1=O. The zero-order valence-electron chi connectivity index (χ0n) is 8.79. The van der Waals surface area contributed by atoms with Crippen molar-refractivity contribution in [3.63, 3.8) is 0 Å². The number of hydrogen-bond donors (Lipinski definition) is 2. The van der Waals surface area contributed by atoms with Crippen molar-refractivity contribution in [2.45, 2.75) is 31.1 Å². The van der Waals surface area contributed by atoms with Gasteiger partial charge in [-0.15, -0.1) is 0 Å². The molecule has 1 aliphatic heterocycles. The van der Waals surface area contributed by atoms with Gasteiger partial charge in [-0.3, -0.25) is 9.59 Å². The maximum absolute atomic E-state index is 11.5. The molecule has 1 amide bonds. The molecule has 0 radical (unpaired) electrons.